The average molecular weight is 427 g/mol. The molecule has 2 aromatic rings. The van der Waals surface area contributed by atoms with Gasteiger partial charge in [0.2, 0.25) is 0 Å². The molecule has 1 amide bonds. The number of para-hydroxylation sites is 2. The standard InChI is InChI=1S/C27H30N4O/c1-27(2,3)28-17-18-10-8-14-21-20-13-9-11-19(16-23(20)30-25(18)21)29-26(32)22-12-6-7-15-24(22)31(4)5/h6-16,28H,17H2,1-5H3,(H,29,32). The first kappa shape index (κ1) is 21.8. The molecule has 1 aliphatic heterocycles. The van der Waals surface area contributed by atoms with Crippen molar-refractivity contribution in [2.45, 2.75) is 32.9 Å². The number of benzene rings is 2. The molecule has 1 aliphatic carbocycles. The highest BCUT2D eigenvalue weighted by Crippen LogP contribution is 2.33. The minimum absolute atomic E-state index is 0.0287. The number of amides is 1. The van der Waals surface area contributed by atoms with Gasteiger partial charge in [0, 0.05) is 48.5 Å². The fourth-order valence-corrected chi connectivity index (χ4v) is 3.82. The average Bonchev–Trinajstić information content (AvgIpc) is 2.96. The van der Waals surface area contributed by atoms with Gasteiger partial charge in [-0.15, -0.1) is 0 Å². The summed E-state index contributed by atoms with van der Waals surface area (Å²) < 4.78 is 0. The zero-order valence-corrected chi connectivity index (χ0v) is 19.4. The number of rotatable bonds is 5. The first-order chi connectivity index (χ1) is 15.2. The number of carbonyl (C=O) groups is 1. The maximum atomic E-state index is 13.0. The summed E-state index contributed by atoms with van der Waals surface area (Å²) in [6.45, 7) is 7.23. The van der Waals surface area contributed by atoms with E-state index < -0.39 is 0 Å². The molecule has 4 rings (SSSR count). The maximum absolute atomic E-state index is 13.0. The number of hydrogen-bond donors (Lipinski definition) is 2. The molecule has 0 fully saturated rings. The van der Waals surface area contributed by atoms with Crippen molar-refractivity contribution in [3.8, 4) is 11.3 Å². The number of aromatic nitrogens is 1. The summed E-state index contributed by atoms with van der Waals surface area (Å²) in [5.74, 6) is -0.139. The lowest BCUT2D eigenvalue weighted by Gasteiger charge is -2.20. The van der Waals surface area contributed by atoms with Crippen LogP contribution in [0.1, 0.15) is 36.7 Å². The molecule has 164 valence electrons. The fraction of sp³-hybridized carbons (Fsp3) is 0.259. The van der Waals surface area contributed by atoms with Crippen molar-refractivity contribution in [3.05, 3.63) is 77.9 Å². The Morgan fingerprint density at radius 3 is 2.47 bits per heavy atom. The molecular weight excluding hydrogens is 396 g/mol. The zero-order chi connectivity index (χ0) is 22.9. The normalized spacial score (nSPS) is 11.7. The summed E-state index contributed by atoms with van der Waals surface area (Å²) in [6, 6.07) is 21.8. The lowest BCUT2D eigenvalue weighted by atomic mass is 10.1. The Morgan fingerprint density at radius 2 is 1.72 bits per heavy atom. The number of nitrogens with one attached hydrogen (secondary N) is 2. The zero-order valence-electron chi connectivity index (χ0n) is 19.4. The van der Waals surface area contributed by atoms with Crippen molar-refractivity contribution >= 4 is 28.2 Å². The molecule has 0 saturated carbocycles. The number of hydrogen-bond acceptors (Lipinski definition) is 4. The third-order valence-electron chi connectivity index (χ3n) is 5.45. The fourth-order valence-electron chi connectivity index (χ4n) is 3.82. The molecule has 0 bridgehead atoms. The van der Waals surface area contributed by atoms with Crippen LogP contribution in [-0.2, 0) is 6.54 Å². The Labute approximate surface area is 189 Å². The lowest BCUT2D eigenvalue weighted by molar-refractivity contribution is 0.102. The third kappa shape index (κ3) is 4.58. The topological polar surface area (TPSA) is 57.3 Å². The van der Waals surface area contributed by atoms with E-state index in [9.17, 15) is 4.79 Å². The lowest BCUT2D eigenvalue weighted by Crippen LogP contribution is -2.35. The minimum Gasteiger partial charge on any atom is -0.377 e. The number of carbonyl (C=O) groups excluding carboxylic acids is 1. The van der Waals surface area contributed by atoms with Crippen molar-refractivity contribution in [2.75, 3.05) is 24.3 Å². The molecule has 2 aliphatic rings. The second kappa shape index (κ2) is 8.60. The molecule has 0 radical (unpaired) electrons. The van der Waals surface area contributed by atoms with Crippen LogP contribution in [0.3, 0.4) is 0 Å². The Morgan fingerprint density at radius 1 is 0.969 bits per heavy atom. The number of anilines is 2. The summed E-state index contributed by atoms with van der Waals surface area (Å²) in [5, 5.41) is 7.73. The molecule has 32 heavy (non-hydrogen) atoms. The van der Waals surface area contributed by atoms with Crippen LogP contribution in [0.25, 0.3) is 22.2 Å². The highest BCUT2D eigenvalue weighted by Gasteiger charge is 2.17. The van der Waals surface area contributed by atoms with E-state index >= 15 is 0 Å². The van der Waals surface area contributed by atoms with Gasteiger partial charge in [-0.1, -0.05) is 42.5 Å². The molecule has 5 heteroatoms. The predicted molar refractivity (Wildman–Crippen MR) is 134 cm³/mol. The molecular formula is C27H30N4O. The minimum atomic E-state index is -0.139. The van der Waals surface area contributed by atoms with Gasteiger partial charge in [-0.3, -0.25) is 4.79 Å². The Hall–Kier alpha value is -3.44. The number of fused-ring (bicyclic) bond motifs is 3. The largest absolute Gasteiger partial charge is 0.377 e. The molecule has 0 atom stereocenters. The van der Waals surface area contributed by atoms with E-state index in [0.29, 0.717) is 5.56 Å². The summed E-state index contributed by atoms with van der Waals surface area (Å²) in [6.07, 6.45) is 0. The molecule has 2 N–H and O–H groups in total. The molecule has 1 heterocycles. The Kier molecular flexibility index (Phi) is 5.85. The highest BCUT2D eigenvalue weighted by molar-refractivity contribution is 6.08. The van der Waals surface area contributed by atoms with Crippen molar-refractivity contribution in [1.82, 2.24) is 10.3 Å². The van der Waals surface area contributed by atoms with Crippen LogP contribution in [0.5, 0.6) is 0 Å². The van der Waals surface area contributed by atoms with Gasteiger partial charge in [-0.2, -0.15) is 0 Å². The summed E-state index contributed by atoms with van der Waals surface area (Å²) in [7, 11) is 3.87. The summed E-state index contributed by atoms with van der Waals surface area (Å²) in [4.78, 5) is 19.9. The van der Waals surface area contributed by atoms with Gasteiger partial charge in [-0.05, 0) is 50.6 Å². The summed E-state index contributed by atoms with van der Waals surface area (Å²) in [5.41, 5.74) is 6.37. The Balaban J connectivity index is 1.68. The van der Waals surface area contributed by atoms with Gasteiger partial charge >= 0.3 is 0 Å². The van der Waals surface area contributed by atoms with Gasteiger partial charge < -0.3 is 15.5 Å². The van der Waals surface area contributed by atoms with Crippen LogP contribution in [-0.4, -0.2) is 30.5 Å². The summed E-state index contributed by atoms with van der Waals surface area (Å²) >= 11 is 0. The molecule has 0 aromatic heterocycles. The molecule has 5 nitrogen and oxygen atoms in total. The smallest absolute Gasteiger partial charge is 0.257 e. The first-order valence-electron chi connectivity index (χ1n) is 10.9. The SMILES string of the molecule is CN(C)c1ccccc1C(=O)Nc1cccc2c3cccc(CNC(C)(C)C)c3nc-2c1. The van der Waals surface area contributed by atoms with E-state index in [4.69, 9.17) is 4.98 Å². The van der Waals surface area contributed by atoms with E-state index in [1.165, 1.54) is 5.56 Å². The van der Waals surface area contributed by atoms with E-state index in [-0.39, 0.29) is 11.4 Å². The van der Waals surface area contributed by atoms with Gasteiger partial charge in [0.1, 0.15) is 0 Å². The van der Waals surface area contributed by atoms with Crippen LogP contribution in [0, 0.1) is 0 Å². The van der Waals surface area contributed by atoms with Crippen LogP contribution >= 0.6 is 0 Å². The second-order valence-electron chi connectivity index (χ2n) is 9.32. The van der Waals surface area contributed by atoms with Gasteiger partial charge in [-0.25, -0.2) is 4.98 Å². The maximum Gasteiger partial charge on any atom is 0.257 e. The van der Waals surface area contributed by atoms with Crippen LogP contribution in [0.2, 0.25) is 0 Å². The van der Waals surface area contributed by atoms with E-state index in [1.807, 2.05) is 61.5 Å². The predicted octanol–water partition coefficient (Wildman–Crippen LogP) is 5.55. The molecule has 0 spiro atoms. The van der Waals surface area contributed by atoms with Crippen molar-refractivity contribution < 1.29 is 4.79 Å². The third-order valence-corrected chi connectivity index (χ3v) is 5.45. The highest BCUT2D eigenvalue weighted by atomic mass is 16.1. The molecule has 2 aromatic carbocycles. The van der Waals surface area contributed by atoms with Gasteiger partial charge in [0.05, 0.1) is 16.8 Å². The van der Waals surface area contributed by atoms with Crippen LogP contribution in [0.4, 0.5) is 11.4 Å². The molecule has 0 unspecified atom stereocenters. The quantitative estimate of drug-likeness (QED) is 0.440. The van der Waals surface area contributed by atoms with E-state index in [2.05, 4.69) is 55.7 Å². The van der Waals surface area contributed by atoms with Crippen LogP contribution < -0.4 is 15.5 Å². The van der Waals surface area contributed by atoms with E-state index in [0.717, 1.165) is 40.1 Å². The number of nitrogens with zero attached hydrogens (tertiary/aromatic N) is 2. The van der Waals surface area contributed by atoms with Gasteiger partial charge in [0.15, 0.2) is 0 Å². The van der Waals surface area contributed by atoms with E-state index in [1.54, 1.807) is 0 Å². The first-order valence-corrected chi connectivity index (χ1v) is 10.9. The van der Waals surface area contributed by atoms with Gasteiger partial charge in [0.25, 0.3) is 5.91 Å². The molecule has 0 saturated heterocycles. The van der Waals surface area contributed by atoms with Crippen LogP contribution in [0.15, 0.2) is 66.7 Å². The Bertz CT molecular complexity index is 1240. The van der Waals surface area contributed by atoms with Crippen molar-refractivity contribution in [1.29, 1.82) is 0 Å². The van der Waals surface area contributed by atoms with Crippen molar-refractivity contribution in [3.63, 3.8) is 0 Å². The monoisotopic (exact) mass is 426 g/mol. The second-order valence-corrected chi connectivity index (χ2v) is 9.32. The van der Waals surface area contributed by atoms with Crippen molar-refractivity contribution in [2.24, 2.45) is 0 Å².